The van der Waals surface area contributed by atoms with Crippen LogP contribution in [0.25, 0.3) is 0 Å². The first-order chi connectivity index (χ1) is 8.63. The van der Waals surface area contributed by atoms with Crippen molar-refractivity contribution < 1.29 is 9.53 Å². The van der Waals surface area contributed by atoms with Gasteiger partial charge < -0.3 is 15.8 Å². The highest BCUT2D eigenvalue weighted by molar-refractivity contribution is 7.80. The molecule has 0 saturated heterocycles. The van der Waals surface area contributed by atoms with Crippen molar-refractivity contribution in [2.75, 3.05) is 18.5 Å². The number of carbonyl (C=O) groups is 1. The Hall–Kier alpha value is -1.76. The summed E-state index contributed by atoms with van der Waals surface area (Å²) in [7, 11) is 0. The predicted molar refractivity (Wildman–Crippen MR) is 72.3 cm³/mol. The van der Waals surface area contributed by atoms with Crippen LogP contribution in [0, 0.1) is 0 Å². The molecule has 0 saturated carbocycles. The van der Waals surface area contributed by atoms with Crippen LogP contribution < -0.4 is 11.1 Å². The number of ether oxygens (including phenoxy) is 1. The van der Waals surface area contributed by atoms with Gasteiger partial charge in [0.05, 0.1) is 19.0 Å². The molecule has 1 heterocycles. The summed E-state index contributed by atoms with van der Waals surface area (Å²) < 4.78 is 4.81. The lowest BCUT2D eigenvalue weighted by Crippen LogP contribution is -2.13. The quantitative estimate of drug-likeness (QED) is 0.430. The fourth-order valence-corrected chi connectivity index (χ4v) is 1.33. The molecule has 0 atom stereocenters. The molecule has 1 aromatic rings. The molecule has 0 aliphatic heterocycles. The molecule has 0 unspecified atom stereocenters. The third-order valence-corrected chi connectivity index (χ3v) is 2.28. The summed E-state index contributed by atoms with van der Waals surface area (Å²) in [6.07, 6.45) is 4.13. The molecule has 1 aromatic heterocycles. The highest BCUT2D eigenvalue weighted by atomic mass is 32.1. The zero-order valence-electron chi connectivity index (χ0n) is 10.2. The van der Waals surface area contributed by atoms with Crippen molar-refractivity contribution in [3.63, 3.8) is 0 Å². The van der Waals surface area contributed by atoms with Crippen LogP contribution in [0.1, 0.15) is 25.5 Å². The first-order valence-corrected chi connectivity index (χ1v) is 6.05. The Labute approximate surface area is 111 Å². The Morgan fingerprint density at radius 1 is 1.50 bits per heavy atom. The van der Waals surface area contributed by atoms with E-state index < -0.39 is 0 Å². The summed E-state index contributed by atoms with van der Waals surface area (Å²) in [6, 6.07) is 0. The second-order valence-electron chi connectivity index (χ2n) is 3.49. The van der Waals surface area contributed by atoms with Crippen molar-refractivity contribution in [1.82, 2.24) is 9.97 Å². The normalized spacial score (nSPS) is 9.83. The van der Waals surface area contributed by atoms with E-state index in [1.54, 1.807) is 13.1 Å². The summed E-state index contributed by atoms with van der Waals surface area (Å²) in [6.45, 7) is 2.83. The Balaban J connectivity index is 2.27. The van der Waals surface area contributed by atoms with E-state index in [9.17, 15) is 4.79 Å². The van der Waals surface area contributed by atoms with Crippen LogP contribution in [0.4, 0.5) is 5.82 Å². The van der Waals surface area contributed by atoms with E-state index in [0.29, 0.717) is 37.5 Å². The molecular formula is C11H16N4O2S. The molecule has 0 fully saturated rings. The fourth-order valence-electron chi connectivity index (χ4n) is 1.23. The third kappa shape index (κ3) is 5.05. The van der Waals surface area contributed by atoms with Crippen molar-refractivity contribution in [3.05, 3.63) is 18.1 Å². The van der Waals surface area contributed by atoms with E-state index in [2.05, 4.69) is 15.3 Å². The molecule has 0 aromatic carbocycles. The largest absolute Gasteiger partial charge is 0.466 e. The molecule has 98 valence electrons. The molecular weight excluding hydrogens is 252 g/mol. The molecule has 0 radical (unpaired) electrons. The SMILES string of the molecule is CCOC(=O)CCCNc1cnc(C(N)=S)cn1. The van der Waals surface area contributed by atoms with Crippen LogP contribution >= 0.6 is 12.2 Å². The average molecular weight is 268 g/mol. The van der Waals surface area contributed by atoms with E-state index in [1.807, 2.05) is 0 Å². The molecule has 6 nitrogen and oxygen atoms in total. The van der Waals surface area contributed by atoms with Gasteiger partial charge in [-0.05, 0) is 13.3 Å². The smallest absolute Gasteiger partial charge is 0.305 e. The third-order valence-electron chi connectivity index (χ3n) is 2.07. The molecule has 0 aliphatic rings. The van der Waals surface area contributed by atoms with Gasteiger partial charge in [0, 0.05) is 13.0 Å². The van der Waals surface area contributed by atoms with Gasteiger partial charge in [0.1, 0.15) is 16.5 Å². The van der Waals surface area contributed by atoms with Gasteiger partial charge in [-0.25, -0.2) is 9.97 Å². The number of aromatic nitrogens is 2. The van der Waals surface area contributed by atoms with Crippen molar-refractivity contribution in [1.29, 1.82) is 0 Å². The van der Waals surface area contributed by atoms with Gasteiger partial charge in [-0.3, -0.25) is 4.79 Å². The Kier molecular flexibility index (Phi) is 5.99. The Morgan fingerprint density at radius 2 is 2.28 bits per heavy atom. The van der Waals surface area contributed by atoms with Gasteiger partial charge >= 0.3 is 5.97 Å². The minimum atomic E-state index is -0.186. The van der Waals surface area contributed by atoms with Gasteiger partial charge in [0.25, 0.3) is 0 Å². The Bertz CT molecular complexity index is 408. The van der Waals surface area contributed by atoms with E-state index in [-0.39, 0.29) is 11.0 Å². The number of nitrogens with one attached hydrogen (secondary N) is 1. The van der Waals surface area contributed by atoms with Crippen molar-refractivity contribution in [2.24, 2.45) is 5.73 Å². The van der Waals surface area contributed by atoms with E-state index in [4.69, 9.17) is 22.7 Å². The van der Waals surface area contributed by atoms with Crippen LogP contribution in [-0.2, 0) is 9.53 Å². The van der Waals surface area contributed by atoms with Crippen molar-refractivity contribution >= 4 is 29.0 Å². The molecule has 0 amide bonds. The number of anilines is 1. The summed E-state index contributed by atoms with van der Waals surface area (Å²) in [5, 5.41) is 3.04. The maximum absolute atomic E-state index is 11.1. The maximum atomic E-state index is 11.1. The lowest BCUT2D eigenvalue weighted by molar-refractivity contribution is -0.143. The van der Waals surface area contributed by atoms with E-state index in [0.717, 1.165) is 0 Å². The molecule has 7 heteroatoms. The second-order valence-corrected chi connectivity index (χ2v) is 3.93. The monoisotopic (exact) mass is 268 g/mol. The van der Waals surface area contributed by atoms with Crippen molar-refractivity contribution in [2.45, 2.75) is 19.8 Å². The zero-order valence-corrected chi connectivity index (χ0v) is 11.0. The summed E-state index contributed by atoms with van der Waals surface area (Å²) in [5.74, 6) is 0.438. The predicted octanol–water partition coefficient (Wildman–Crippen LogP) is 0.866. The lowest BCUT2D eigenvalue weighted by atomic mass is 10.3. The van der Waals surface area contributed by atoms with Crippen LogP contribution in [0.2, 0.25) is 0 Å². The molecule has 0 aliphatic carbocycles. The Morgan fingerprint density at radius 3 is 2.83 bits per heavy atom. The summed E-state index contributed by atoms with van der Waals surface area (Å²) >= 11 is 4.77. The number of esters is 1. The summed E-state index contributed by atoms with van der Waals surface area (Å²) in [4.78, 5) is 19.4. The highest BCUT2D eigenvalue weighted by Gasteiger charge is 2.02. The summed E-state index contributed by atoms with van der Waals surface area (Å²) in [5.41, 5.74) is 5.89. The van der Waals surface area contributed by atoms with Gasteiger partial charge in [-0.2, -0.15) is 0 Å². The van der Waals surface area contributed by atoms with Crippen LogP contribution in [0.5, 0.6) is 0 Å². The molecule has 3 N–H and O–H groups in total. The zero-order chi connectivity index (χ0) is 13.4. The first kappa shape index (κ1) is 14.3. The van der Waals surface area contributed by atoms with Gasteiger partial charge in [0.15, 0.2) is 0 Å². The maximum Gasteiger partial charge on any atom is 0.305 e. The number of hydrogen-bond donors (Lipinski definition) is 2. The minimum Gasteiger partial charge on any atom is -0.466 e. The van der Waals surface area contributed by atoms with Crippen LogP contribution in [0.3, 0.4) is 0 Å². The van der Waals surface area contributed by atoms with Gasteiger partial charge in [-0.1, -0.05) is 12.2 Å². The number of nitrogens with zero attached hydrogens (tertiary/aromatic N) is 2. The minimum absolute atomic E-state index is 0.186. The molecule has 18 heavy (non-hydrogen) atoms. The fraction of sp³-hybridized carbons (Fsp3) is 0.455. The van der Waals surface area contributed by atoms with Gasteiger partial charge in [-0.15, -0.1) is 0 Å². The first-order valence-electron chi connectivity index (χ1n) is 5.64. The topological polar surface area (TPSA) is 90.1 Å². The number of carbonyl (C=O) groups excluding carboxylic acids is 1. The van der Waals surface area contributed by atoms with Crippen LogP contribution in [0.15, 0.2) is 12.4 Å². The standard InChI is InChI=1S/C11H16N4O2S/c1-2-17-10(16)4-3-5-13-9-7-14-8(6-15-9)11(12)18/h6-7H,2-5H2,1H3,(H2,12,18)(H,13,15). The van der Waals surface area contributed by atoms with E-state index in [1.165, 1.54) is 6.20 Å². The van der Waals surface area contributed by atoms with E-state index >= 15 is 0 Å². The van der Waals surface area contributed by atoms with Crippen molar-refractivity contribution in [3.8, 4) is 0 Å². The lowest BCUT2D eigenvalue weighted by Gasteiger charge is -2.05. The number of hydrogen-bond acceptors (Lipinski definition) is 6. The van der Waals surface area contributed by atoms with Crippen LogP contribution in [-0.4, -0.2) is 34.1 Å². The second kappa shape index (κ2) is 7.54. The number of thiocarbonyl (C=S) groups is 1. The highest BCUT2D eigenvalue weighted by Crippen LogP contribution is 2.02. The average Bonchev–Trinajstić information content (AvgIpc) is 2.35. The number of rotatable bonds is 7. The van der Waals surface area contributed by atoms with Gasteiger partial charge in [0.2, 0.25) is 0 Å². The molecule has 1 rings (SSSR count). The number of nitrogens with two attached hydrogens (primary N) is 1. The molecule has 0 bridgehead atoms. The molecule has 0 spiro atoms.